The number of hydrogen-bond acceptors (Lipinski definition) is 4. The van der Waals surface area contributed by atoms with E-state index in [2.05, 4.69) is 5.16 Å². The third-order valence-corrected chi connectivity index (χ3v) is 4.15. The maximum atomic E-state index is 12.7. The Hall–Kier alpha value is -2.66. The summed E-state index contributed by atoms with van der Waals surface area (Å²) in [5.41, 5.74) is 2.28. The second-order valence-electron chi connectivity index (χ2n) is 5.83. The van der Waals surface area contributed by atoms with E-state index in [1.807, 2.05) is 49.4 Å². The summed E-state index contributed by atoms with van der Waals surface area (Å²) < 4.78 is 10.6. The second kappa shape index (κ2) is 6.84. The number of methoxy groups -OCH3 is 1. The van der Waals surface area contributed by atoms with Crippen LogP contribution in [0.15, 0.2) is 53.1 Å². The van der Waals surface area contributed by atoms with Gasteiger partial charge in [-0.25, -0.2) is 0 Å². The number of carbonyl (C=O) groups excluding carboxylic acids is 1. The zero-order valence-electron chi connectivity index (χ0n) is 14.0. The normalized spacial score (nSPS) is 12.3. The van der Waals surface area contributed by atoms with E-state index < -0.39 is 0 Å². The lowest BCUT2D eigenvalue weighted by molar-refractivity contribution is 0.0633. The fraction of sp³-hybridized carbons (Fsp3) is 0.263. The number of fused-ring (bicyclic) bond motifs is 1. The van der Waals surface area contributed by atoms with Crippen LogP contribution in [0.3, 0.4) is 0 Å². The standard InChI is InChI=1S/C19H20N2O3/c1-13(12-23-3)21(2)19(22)15-9-10-17-16(11-15)18(24-20-17)14-7-5-4-6-8-14/h4-11,13H,12H2,1-3H3/t13-/m1/s1. The minimum Gasteiger partial charge on any atom is -0.383 e. The van der Waals surface area contributed by atoms with Gasteiger partial charge in [0.15, 0.2) is 5.76 Å². The molecule has 3 aromatic rings. The molecule has 124 valence electrons. The summed E-state index contributed by atoms with van der Waals surface area (Å²) in [6.07, 6.45) is 0. The predicted molar refractivity (Wildman–Crippen MR) is 92.9 cm³/mol. The van der Waals surface area contributed by atoms with Gasteiger partial charge < -0.3 is 14.2 Å². The Balaban J connectivity index is 1.98. The SMILES string of the molecule is COC[C@@H](C)N(C)C(=O)c1ccc2noc(-c3ccccc3)c2c1. The van der Waals surface area contributed by atoms with Gasteiger partial charge in [0, 0.05) is 25.3 Å². The van der Waals surface area contributed by atoms with Gasteiger partial charge >= 0.3 is 0 Å². The molecule has 2 aromatic carbocycles. The smallest absolute Gasteiger partial charge is 0.253 e. The van der Waals surface area contributed by atoms with Crippen LogP contribution in [0, 0.1) is 0 Å². The minimum absolute atomic E-state index is 0.00531. The number of aromatic nitrogens is 1. The molecule has 1 amide bonds. The van der Waals surface area contributed by atoms with Crippen LogP contribution >= 0.6 is 0 Å². The van der Waals surface area contributed by atoms with Gasteiger partial charge in [-0.1, -0.05) is 35.5 Å². The summed E-state index contributed by atoms with van der Waals surface area (Å²) in [6, 6.07) is 15.2. The number of hydrogen-bond donors (Lipinski definition) is 0. The van der Waals surface area contributed by atoms with Gasteiger partial charge in [-0.15, -0.1) is 0 Å². The number of ether oxygens (including phenoxy) is 1. The average Bonchev–Trinajstić information content (AvgIpc) is 3.04. The number of carbonyl (C=O) groups is 1. The van der Waals surface area contributed by atoms with Crippen LogP contribution in [0.5, 0.6) is 0 Å². The lowest BCUT2D eigenvalue weighted by Gasteiger charge is -2.24. The Kier molecular flexibility index (Phi) is 4.62. The Labute approximate surface area is 140 Å². The summed E-state index contributed by atoms with van der Waals surface area (Å²) in [4.78, 5) is 14.4. The van der Waals surface area contributed by atoms with Crippen molar-refractivity contribution in [1.82, 2.24) is 10.1 Å². The third-order valence-electron chi connectivity index (χ3n) is 4.15. The van der Waals surface area contributed by atoms with Crippen LogP contribution in [0.4, 0.5) is 0 Å². The summed E-state index contributed by atoms with van der Waals surface area (Å²) in [5.74, 6) is 0.620. The molecule has 0 spiro atoms. The number of rotatable bonds is 5. The Morgan fingerprint density at radius 1 is 1.25 bits per heavy atom. The molecule has 1 heterocycles. The van der Waals surface area contributed by atoms with Gasteiger partial charge in [0.2, 0.25) is 0 Å². The van der Waals surface area contributed by atoms with E-state index >= 15 is 0 Å². The van der Waals surface area contributed by atoms with Gasteiger partial charge in [0.05, 0.1) is 18.0 Å². The Morgan fingerprint density at radius 2 is 2.00 bits per heavy atom. The molecule has 3 rings (SSSR count). The number of likely N-dealkylation sites (N-methyl/N-ethyl adjacent to an activating group) is 1. The lowest BCUT2D eigenvalue weighted by Crippen LogP contribution is -2.37. The third kappa shape index (κ3) is 3.03. The van der Waals surface area contributed by atoms with E-state index in [-0.39, 0.29) is 11.9 Å². The van der Waals surface area contributed by atoms with E-state index in [0.717, 1.165) is 16.5 Å². The molecule has 0 aliphatic rings. The van der Waals surface area contributed by atoms with E-state index in [0.29, 0.717) is 17.9 Å². The number of benzene rings is 2. The summed E-state index contributed by atoms with van der Waals surface area (Å²) in [7, 11) is 3.41. The van der Waals surface area contributed by atoms with E-state index in [1.54, 1.807) is 25.1 Å². The molecule has 0 fully saturated rings. The molecule has 0 saturated heterocycles. The topological polar surface area (TPSA) is 55.6 Å². The van der Waals surface area contributed by atoms with Gasteiger partial charge in [-0.3, -0.25) is 4.79 Å². The minimum atomic E-state index is -0.0540. The maximum absolute atomic E-state index is 12.7. The van der Waals surface area contributed by atoms with Crippen molar-refractivity contribution in [3.05, 3.63) is 54.1 Å². The highest BCUT2D eigenvalue weighted by Crippen LogP contribution is 2.29. The van der Waals surface area contributed by atoms with Crippen molar-refractivity contribution in [2.24, 2.45) is 0 Å². The van der Waals surface area contributed by atoms with Crippen molar-refractivity contribution in [2.75, 3.05) is 20.8 Å². The van der Waals surface area contributed by atoms with Crippen molar-refractivity contribution in [2.45, 2.75) is 13.0 Å². The lowest BCUT2D eigenvalue weighted by atomic mass is 10.1. The quantitative estimate of drug-likeness (QED) is 0.719. The molecule has 0 N–H and O–H groups in total. The van der Waals surface area contributed by atoms with Crippen LogP contribution in [0.25, 0.3) is 22.2 Å². The van der Waals surface area contributed by atoms with Gasteiger partial charge in [0.25, 0.3) is 5.91 Å². The Morgan fingerprint density at radius 3 is 2.71 bits per heavy atom. The molecule has 0 bridgehead atoms. The summed E-state index contributed by atoms with van der Waals surface area (Å²) in [5, 5.41) is 4.92. The predicted octanol–water partition coefficient (Wildman–Crippen LogP) is 3.60. The molecular formula is C19H20N2O3. The van der Waals surface area contributed by atoms with Crippen LogP contribution < -0.4 is 0 Å². The molecule has 5 nitrogen and oxygen atoms in total. The largest absolute Gasteiger partial charge is 0.383 e. The van der Waals surface area contributed by atoms with Crippen LogP contribution in [0.2, 0.25) is 0 Å². The first-order valence-corrected chi connectivity index (χ1v) is 7.82. The monoisotopic (exact) mass is 324 g/mol. The van der Waals surface area contributed by atoms with Gasteiger partial charge in [-0.2, -0.15) is 0 Å². The fourth-order valence-electron chi connectivity index (χ4n) is 2.63. The van der Waals surface area contributed by atoms with E-state index in [9.17, 15) is 4.79 Å². The van der Waals surface area contributed by atoms with E-state index in [1.165, 1.54) is 0 Å². The highest BCUT2D eigenvalue weighted by Gasteiger charge is 2.19. The highest BCUT2D eigenvalue weighted by molar-refractivity contribution is 6.01. The van der Waals surface area contributed by atoms with Crippen molar-refractivity contribution >= 4 is 16.8 Å². The highest BCUT2D eigenvalue weighted by atomic mass is 16.5. The molecule has 0 radical (unpaired) electrons. The molecule has 0 unspecified atom stereocenters. The molecule has 1 atom stereocenters. The van der Waals surface area contributed by atoms with Crippen molar-refractivity contribution < 1.29 is 14.1 Å². The van der Waals surface area contributed by atoms with E-state index in [4.69, 9.17) is 9.26 Å². The average molecular weight is 324 g/mol. The van der Waals surface area contributed by atoms with Crippen LogP contribution in [-0.2, 0) is 4.74 Å². The first-order chi connectivity index (χ1) is 11.6. The van der Waals surface area contributed by atoms with Crippen molar-refractivity contribution in [3.8, 4) is 11.3 Å². The van der Waals surface area contributed by atoms with Crippen molar-refractivity contribution in [3.63, 3.8) is 0 Å². The zero-order valence-corrected chi connectivity index (χ0v) is 14.0. The molecular weight excluding hydrogens is 304 g/mol. The van der Waals surface area contributed by atoms with Crippen LogP contribution in [-0.4, -0.2) is 42.8 Å². The molecule has 5 heteroatoms. The summed E-state index contributed by atoms with van der Waals surface area (Å²) in [6.45, 7) is 2.45. The van der Waals surface area contributed by atoms with Gasteiger partial charge in [0.1, 0.15) is 5.52 Å². The number of amides is 1. The Bertz CT molecular complexity index is 842. The zero-order chi connectivity index (χ0) is 17.1. The van der Waals surface area contributed by atoms with Crippen LogP contribution in [0.1, 0.15) is 17.3 Å². The summed E-state index contributed by atoms with van der Waals surface area (Å²) >= 11 is 0. The van der Waals surface area contributed by atoms with Crippen molar-refractivity contribution in [1.29, 1.82) is 0 Å². The molecule has 0 saturated carbocycles. The number of nitrogens with zero attached hydrogens (tertiary/aromatic N) is 2. The molecule has 24 heavy (non-hydrogen) atoms. The first-order valence-electron chi connectivity index (χ1n) is 7.82. The molecule has 1 aromatic heterocycles. The second-order valence-corrected chi connectivity index (χ2v) is 5.83. The molecule has 0 aliphatic carbocycles. The maximum Gasteiger partial charge on any atom is 0.253 e. The fourth-order valence-corrected chi connectivity index (χ4v) is 2.63. The first kappa shape index (κ1) is 16.2. The molecule has 0 aliphatic heterocycles. The van der Waals surface area contributed by atoms with Gasteiger partial charge in [-0.05, 0) is 25.1 Å².